The Balaban J connectivity index is 1.75. The van der Waals surface area contributed by atoms with E-state index in [-0.39, 0.29) is 18.4 Å². The molecule has 0 radical (unpaired) electrons. The Morgan fingerprint density at radius 1 is 1.43 bits per heavy atom. The molecule has 1 aliphatic carbocycles. The number of aliphatic hydroxyl groups is 1. The molecular weight excluding hydrogens is 286 g/mol. The second kappa shape index (κ2) is 5.54. The molecule has 3 rings (SSSR count). The molecule has 1 heterocycles. The second-order valence-electron chi connectivity index (χ2n) is 5.43. The van der Waals surface area contributed by atoms with Gasteiger partial charge in [-0.15, -0.1) is 5.10 Å². The van der Waals surface area contributed by atoms with E-state index in [0.29, 0.717) is 10.6 Å². The molecular formula is C15H17N3O2S. The first-order valence-electron chi connectivity index (χ1n) is 6.96. The molecule has 1 saturated carbocycles. The summed E-state index contributed by atoms with van der Waals surface area (Å²) in [5.74, 6) is -0.0154. The smallest absolute Gasteiger partial charge is 0.265 e. The van der Waals surface area contributed by atoms with Gasteiger partial charge in [0, 0.05) is 0 Å². The fraction of sp³-hybridized carbons (Fsp3) is 0.400. The summed E-state index contributed by atoms with van der Waals surface area (Å²) in [6.07, 6.45) is 1.98. The van der Waals surface area contributed by atoms with Crippen LogP contribution in [0.5, 0.6) is 0 Å². The van der Waals surface area contributed by atoms with Crippen molar-refractivity contribution in [3.8, 4) is 0 Å². The van der Waals surface area contributed by atoms with E-state index in [0.717, 1.165) is 29.9 Å². The van der Waals surface area contributed by atoms with Crippen molar-refractivity contribution < 1.29 is 9.90 Å². The number of aromatic nitrogens is 2. The predicted octanol–water partition coefficient (Wildman–Crippen LogP) is 1.87. The van der Waals surface area contributed by atoms with Gasteiger partial charge in [0.05, 0.1) is 12.2 Å². The minimum atomic E-state index is -0.997. The first kappa shape index (κ1) is 14.2. The third kappa shape index (κ3) is 2.82. The summed E-state index contributed by atoms with van der Waals surface area (Å²) in [4.78, 5) is 12.7. The quantitative estimate of drug-likeness (QED) is 0.884. The summed E-state index contributed by atoms with van der Waals surface area (Å²) in [6, 6.07) is 9.54. The Bertz CT molecular complexity index is 639. The minimum Gasteiger partial charge on any atom is -0.383 e. The van der Waals surface area contributed by atoms with Crippen molar-refractivity contribution >= 4 is 17.4 Å². The van der Waals surface area contributed by atoms with Gasteiger partial charge in [-0.2, -0.15) is 0 Å². The average Bonchev–Trinajstić information content (AvgIpc) is 3.28. The van der Waals surface area contributed by atoms with Gasteiger partial charge in [0.1, 0.15) is 10.5 Å². The zero-order chi connectivity index (χ0) is 14.9. The van der Waals surface area contributed by atoms with Crippen LogP contribution in [0, 0.1) is 12.8 Å². The van der Waals surface area contributed by atoms with Crippen molar-refractivity contribution in [2.45, 2.75) is 25.4 Å². The Hall–Kier alpha value is -1.79. The molecule has 0 spiro atoms. The van der Waals surface area contributed by atoms with Gasteiger partial charge in [-0.1, -0.05) is 34.8 Å². The fourth-order valence-corrected chi connectivity index (χ4v) is 3.08. The first-order chi connectivity index (χ1) is 10.1. The number of hydrogen-bond acceptors (Lipinski definition) is 5. The molecule has 1 atom stereocenters. The van der Waals surface area contributed by atoms with E-state index in [9.17, 15) is 9.90 Å². The van der Waals surface area contributed by atoms with E-state index < -0.39 is 5.60 Å². The SMILES string of the molecule is Cc1nnsc1C(=O)NC[C@](O)(c1ccccc1)C1CC1. The van der Waals surface area contributed by atoms with Crippen molar-refractivity contribution in [3.63, 3.8) is 0 Å². The summed E-state index contributed by atoms with van der Waals surface area (Å²) >= 11 is 1.07. The largest absolute Gasteiger partial charge is 0.383 e. The average molecular weight is 303 g/mol. The van der Waals surface area contributed by atoms with Crippen LogP contribution in [0.3, 0.4) is 0 Å². The molecule has 1 fully saturated rings. The highest BCUT2D eigenvalue weighted by Crippen LogP contribution is 2.45. The van der Waals surface area contributed by atoms with Gasteiger partial charge in [0.2, 0.25) is 0 Å². The van der Waals surface area contributed by atoms with E-state index >= 15 is 0 Å². The first-order valence-corrected chi connectivity index (χ1v) is 7.73. The lowest BCUT2D eigenvalue weighted by Gasteiger charge is -2.29. The Morgan fingerprint density at radius 3 is 2.71 bits per heavy atom. The van der Waals surface area contributed by atoms with Gasteiger partial charge in [0.15, 0.2) is 0 Å². The molecule has 0 bridgehead atoms. The van der Waals surface area contributed by atoms with Crippen molar-refractivity contribution in [2.75, 3.05) is 6.54 Å². The monoisotopic (exact) mass is 303 g/mol. The number of rotatable bonds is 5. The van der Waals surface area contributed by atoms with E-state index in [1.54, 1.807) is 6.92 Å². The van der Waals surface area contributed by atoms with Crippen LogP contribution in [0.4, 0.5) is 0 Å². The minimum absolute atomic E-state index is 0.206. The molecule has 5 nitrogen and oxygen atoms in total. The summed E-state index contributed by atoms with van der Waals surface area (Å²) in [5, 5.41) is 17.7. The van der Waals surface area contributed by atoms with Crippen molar-refractivity contribution in [3.05, 3.63) is 46.5 Å². The number of nitrogens with zero attached hydrogens (tertiary/aromatic N) is 2. The van der Waals surface area contributed by atoms with Gasteiger partial charge < -0.3 is 10.4 Å². The molecule has 2 N–H and O–H groups in total. The van der Waals surface area contributed by atoms with Crippen LogP contribution in [0.25, 0.3) is 0 Å². The van der Waals surface area contributed by atoms with Crippen LogP contribution < -0.4 is 5.32 Å². The molecule has 1 aromatic carbocycles. The van der Waals surface area contributed by atoms with E-state index in [1.165, 1.54) is 0 Å². The van der Waals surface area contributed by atoms with E-state index in [1.807, 2.05) is 30.3 Å². The number of carbonyl (C=O) groups is 1. The van der Waals surface area contributed by atoms with Crippen LogP contribution >= 0.6 is 11.5 Å². The highest BCUT2D eigenvalue weighted by molar-refractivity contribution is 7.07. The fourth-order valence-electron chi connectivity index (χ4n) is 2.50. The highest BCUT2D eigenvalue weighted by Gasteiger charge is 2.45. The molecule has 0 saturated heterocycles. The lowest BCUT2D eigenvalue weighted by Crippen LogP contribution is -2.42. The summed E-state index contributed by atoms with van der Waals surface area (Å²) < 4.78 is 3.76. The Morgan fingerprint density at radius 2 is 2.14 bits per heavy atom. The zero-order valence-electron chi connectivity index (χ0n) is 11.7. The van der Waals surface area contributed by atoms with Crippen LogP contribution in [0.2, 0.25) is 0 Å². The molecule has 1 aromatic heterocycles. The lowest BCUT2D eigenvalue weighted by molar-refractivity contribution is 0.0135. The van der Waals surface area contributed by atoms with Gasteiger partial charge in [-0.3, -0.25) is 4.79 Å². The van der Waals surface area contributed by atoms with Crippen LogP contribution in [0.15, 0.2) is 30.3 Å². The summed E-state index contributed by atoms with van der Waals surface area (Å²) in [5.41, 5.74) is 0.474. The summed E-state index contributed by atoms with van der Waals surface area (Å²) in [7, 11) is 0. The van der Waals surface area contributed by atoms with Gasteiger partial charge >= 0.3 is 0 Å². The lowest BCUT2D eigenvalue weighted by atomic mass is 9.88. The maximum atomic E-state index is 12.2. The van der Waals surface area contributed by atoms with Gasteiger partial charge in [0.25, 0.3) is 5.91 Å². The van der Waals surface area contributed by atoms with Crippen molar-refractivity contribution in [2.24, 2.45) is 5.92 Å². The van der Waals surface area contributed by atoms with Crippen LogP contribution in [0.1, 0.15) is 33.8 Å². The number of nitrogens with one attached hydrogen (secondary N) is 1. The van der Waals surface area contributed by atoms with Gasteiger partial charge in [-0.05, 0) is 42.8 Å². The number of aryl methyl sites for hydroxylation is 1. The Labute approximate surface area is 127 Å². The molecule has 110 valence electrons. The highest BCUT2D eigenvalue weighted by atomic mass is 32.1. The third-order valence-electron chi connectivity index (χ3n) is 3.90. The maximum Gasteiger partial charge on any atom is 0.265 e. The van der Waals surface area contributed by atoms with Crippen molar-refractivity contribution in [1.82, 2.24) is 14.9 Å². The molecule has 6 heteroatoms. The number of hydrogen-bond donors (Lipinski definition) is 2. The number of carbonyl (C=O) groups excluding carboxylic acids is 1. The third-order valence-corrected chi connectivity index (χ3v) is 4.73. The topological polar surface area (TPSA) is 75.1 Å². The second-order valence-corrected chi connectivity index (χ2v) is 6.19. The molecule has 21 heavy (non-hydrogen) atoms. The molecule has 0 unspecified atom stereocenters. The standard InChI is InChI=1S/C15H17N3O2S/c1-10-13(21-18-17-10)14(19)16-9-15(20,12-7-8-12)11-5-3-2-4-6-11/h2-6,12,20H,7-9H2,1H3,(H,16,19)/t15-/m0/s1. The normalized spacial score (nSPS) is 17.2. The molecule has 1 aliphatic rings. The predicted molar refractivity (Wildman–Crippen MR) is 80.0 cm³/mol. The number of benzene rings is 1. The van der Waals surface area contributed by atoms with Gasteiger partial charge in [-0.25, -0.2) is 0 Å². The number of amides is 1. The van der Waals surface area contributed by atoms with Crippen LogP contribution in [-0.2, 0) is 5.60 Å². The molecule has 0 aliphatic heterocycles. The summed E-state index contributed by atoms with van der Waals surface area (Å²) in [6.45, 7) is 1.96. The van der Waals surface area contributed by atoms with Crippen LogP contribution in [-0.4, -0.2) is 27.1 Å². The van der Waals surface area contributed by atoms with E-state index in [4.69, 9.17) is 0 Å². The molecule has 2 aromatic rings. The van der Waals surface area contributed by atoms with E-state index in [2.05, 4.69) is 14.9 Å². The zero-order valence-corrected chi connectivity index (χ0v) is 12.6. The molecule has 1 amide bonds. The Kier molecular flexibility index (Phi) is 3.73. The maximum absolute atomic E-state index is 12.2. The van der Waals surface area contributed by atoms with Crippen molar-refractivity contribution in [1.29, 1.82) is 0 Å².